The average Bonchev–Trinajstić information content (AvgIpc) is 3.15. The van der Waals surface area contributed by atoms with Crippen molar-refractivity contribution >= 4 is 28.5 Å². The molecule has 2 amide bonds. The Kier molecular flexibility index (Phi) is 3.57. The lowest BCUT2D eigenvalue weighted by Gasteiger charge is -2.06. The molecule has 3 rings (SSSR count). The highest BCUT2D eigenvalue weighted by Gasteiger charge is 2.22. The Hall–Kier alpha value is -1.68. The van der Waals surface area contributed by atoms with Gasteiger partial charge in [0, 0.05) is 34.2 Å². The van der Waals surface area contributed by atoms with Crippen molar-refractivity contribution < 1.29 is 4.79 Å². The molecule has 0 spiro atoms. The van der Waals surface area contributed by atoms with Crippen LogP contribution in [0.2, 0.25) is 5.02 Å². The van der Waals surface area contributed by atoms with Crippen molar-refractivity contribution in [3.63, 3.8) is 0 Å². The van der Waals surface area contributed by atoms with Gasteiger partial charge >= 0.3 is 6.03 Å². The largest absolute Gasteiger partial charge is 0.358 e. The van der Waals surface area contributed by atoms with Crippen molar-refractivity contribution in [3.8, 4) is 0 Å². The lowest BCUT2D eigenvalue weighted by atomic mass is 10.1. The summed E-state index contributed by atoms with van der Waals surface area (Å²) in [5.41, 5.74) is 3.44. The number of urea groups is 1. The molecule has 1 aromatic heterocycles. The molecule has 1 fully saturated rings. The first kappa shape index (κ1) is 13.3. The summed E-state index contributed by atoms with van der Waals surface area (Å²) >= 11 is 6.05. The summed E-state index contributed by atoms with van der Waals surface area (Å²) in [7, 11) is 0. The van der Waals surface area contributed by atoms with E-state index in [0.29, 0.717) is 12.6 Å². The van der Waals surface area contributed by atoms with E-state index in [1.54, 1.807) is 0 Å². The van der Waals surface area contributed by atoms with E-state index < -0.39 is 0 Å². The Morgan fingerprint density at radius 2 is 2.25 bits per heavy atom. The molecule has 3 N–H and O–H groups in total. The summed E-state index contributed by atoms with van der Waals surface area (Å²) in [5.74, 6) is 0. The third-order valence-electron chi connectivity index (χ3n) is 3.65. The quantitative estimate of drug-likeness (QED) is 0.796. The van der Waals surface area contributed by atoms with Gasteiger partial charge in [0.1, 0.15) is 0 Å². The van der Waals surface area contributed by atoms with Crippen LogP contribution in [0.4, 0.5) is 4.79 Å². The molecule has 1 aliphatic carbocycles. The van der Waals surface area contributed by atoms with Gasteiger partial charge in [-0.15, -0.1) is 0 Å². The second-order valence-corrected chi connectivity index (χ2v) is 5.78. The van der Waals surface area contributed by atoms with Crippen molar-refractivity contribution in [1.82, 2.24) is 15.6 Å². The van der Waals surface area contributed by atoms with Gasteiger partial charge < -0.3 is 15.6 Å². The van der Waals surface area contributed by atoms with Gasteiger partial charge in [0.25, 0.3) is 0 Å². The summed E-state index contributed by atoms with van der Waals surface area (Å²) in [6, 6.07) is 6.17. The zero-order valence-corrected chi connectivity index (χ0v) is 12.2. The van der Waals surface area contributed by atoms with E-state index in [0.717, 1.165) is 40.9 Å². The van der Waals surface area contributed by atoms with Gasteiger partial charge in [-0.05, 0) is 49.9 Å². The Labute approximate surface area is 122 Å². The van der Waals surface area contributed by atoms with E-state index in [9.17, 15) is 4.79 Å². The molecule has 20 heavy (non-hydrogen) atoms. The van der Waals surface area contributed by atoms with Crippen molar-refractivity contribution in [2.24, 2.45) is 0 Å². The highest BCUT2D eigenvalue weighted by atomic mass is 35.5. The molecule has 106 valence electrons. The third-order valence-corrected chi connectivity index (χ3v) is 3.89. The maximum atomic E-state index is 11.6. The molecule has 0 unspecified atom stereocenters. The predicted molar refractivity (Wildman–Crippen MR) is 81.3 cm³/mol. The van der Waals surface area contributed by atoms with Crippen LogP contribution in [0.15, 0.2) is 18.2 Å². The SMILES string of the molecule is Cc1[nH]c2ccc(Cl)cc2c1CCNC(=O)NC1CC1. The summed E-state index contributed by atoms with van der Waals surface area (Å²) < 4.78 is 0. The normalized spacial score (nSPS) is 14.5. The highest BCUT2D eigenvalue weighted by Crippen LogP contribution is 2.25. The predicted octanol–water partition coefficient (Wildman–Crippen LogP) is 3.13. The van der Waals surface area contributed by atoms with Gasteiger partial charge in [-0.1, -0.05) is 11.6 Å². The van der Waals surface area contributed by atoms with Crippen LogP contribution < -0.4 is 10.6 Å². The second-order valence-electron chi connectivity index (χ2n) is 5.34. The number of rotatable bonds is 4. The number of fused-ring (bicyclic) bond motifs is 1. The average molecular weight is 292 g/mol. The first-order valence-electron chi connectivity index (χ1n) is 6.94. The number of carbonyl (C=O) groups excluding carboxylic acids is 1. The molecule has 1 saturated carbocycles. The number of benzene rings is 1. The molecule has 4 nitrogen and oxygen atoms in total. The van der Waals surface area contributed by atoms with E-state index in [2.05, 4.69) is 15.6 Å². The standard InChI is InChI=1S/C15H18ClN3O/c1-9-12(6-7-17-15(20)19-11-3-4-11)13-8-10(16)2-5-14(13)18-9/h2,5,8,11,18H,3-4,6-7H2,1H3,(H2,17,19,20). The first-order chi connectivity index (χ1) is 9.63. The molecule has 5 heteroatoms. The number of aromatic nitrogens is 1. The summed E-state index contributed by atoms with van der Waals surface area (Å²) in [5, 5.41) is 7.69. The van der Waals surface area contributed by atoms with Crippen molar-refractivity contribution in [1.29, 1.82) is 0 Å². The van der Waals surface area contributed by atoms with Crippen LogP contribution in [0, 0.1) is 6.92 Å². The van der Waals surface area contributed by atoms with Crippen molar-refractivity contribution in [2.75, 3.05) is 6.54 Å². The third kappa shape index (κ3) is 2.90. The summed E-state index contributed by atoms with van der Waals surface area (Å²) in [6.07, 6.45) is 3.01. The molecular formula is C15H18ClN3O. The minimum absolute atomic E-state index is 0.0666. The molecule has 0 atom stereocenters. The minimum atomic E-state index is -0.0666. The van der Waals surface area contributed by atoms with E-state index in [1.165, 1.54) is 5.56 Å². The molecule has 1 heterocycles. The maximum absolute atomic E-state index is 11.6. The number of hydrogen-bond donors (Lipinski definition) is 3. The fraction of sp³-hybridized carbons (Fsp3) is 0.400. The van der Waals surface area contributed by atoms with Gasteiger partial charge in [0.2, 0.25) is 0 Å². The van der Waals surface area contributed by atoms with Crippen LogP contribution in [-0.4, -0.2) is 23.6 Å². The van der Waals surface area contributed by atoms with Crippen LogP contribution in [0.5, 0.6) is 0 Å². The number of hydrogen-bond acceptors (Lipinski definition) is 1. The molecule has 2 aromatic rings. The first-order valence-corrected chi connectivity index (χ1v) is 7.32. The Balaban J connectivity index is 1.65. The second kappa shape index (κ2) is 5.37. The molecule has 1 aromatic carbocycles. The van der Waals surface area contributed by atoms with E-state index in [-0.39, 0.29) is 6.03 Å². The topological polar surface area (TPSA) is 56.9 Å². The zero-order valence-electron chi connectivity index (χ0n) is 11.4. The van der Waals surface area contributed by atoms with Crippen LogP contribution in [0.1, 0.15) is 24.1 Å². The molecule has 1 aliphatic rings. The molecule has 0 bridgehead atoms. The number of aromatic amines is 1. The number of carbonyl (C=O) groups is 1. The molecular weight excluding hydrogens is 274 g/mol. The van der Waals surface area contributed by atoms with Crippen molar-refractivity contribution in [2.45, 2.75) is 32.2 Å². The maximum Gasteiger partial charge on any atom is 0.315 e. The van der Waals surface area contributed by atoms with Gasteiger partial charge in [-0.2, -0.15) is 0 Å². The smallest absolute Gasteiger partial charge is 0.315 e. The number of halogens is 1. The van der Waals surface area contributed by atoms with E-state index in [4.69, 9.17) is 11.6 Å². The van der Waals surface area contributed by atoms with Crippen molar-refractivity contribution in [3.05, 3.63) is 34.5 Å². The fourth-order valence-electron chi connectivity index (χ4n) is 2.44. The monoisotopic (exact) mass is 291 g/mol. The molecule has 0 radical (unpaired) electrons. The fourth-order valence-corrected chi connectivity index (χ4v) is 2.61. The van der Waals surface area contributed by atoms with Gasteiger partial charge in [-0.25, -0.2) is 4.79 Å². The minimum Gasteiger partial charge on any atom is -0.358 e. The van der Waals surface area contributed by atoms with E-state index >= 15 is 0 Å². The zero-order chi connectivity index (χ0) is 14.1. The number of nitrogens with one attached hydrogen (secondary N) is 3. The summed E-state index contributed by atoms with van der Waals surface area (Å²) in [4.78, 5) is 14.9. The van der Waals surface area contributed by atoms with Crippen LogP contribution in [0.3, 0.4) is 0 Å². The lowest BCUT2D eigenvalue weighted by Crippen LogP contribution is -2.37. The van der Waals surface area contributed by atoms with Crippen LogP contribution in [0.25, 0.3) is 10.9 Å². The van der Waals surface area contributed by atoms with Gasteiger partial charge in [-0.3, -0.25) is 0 Å². The Bertz CT molecular complexity index is 646. The van der Waals surface area contributed by atoms with E-state index in [1.807, 2.05) is 25.1 Å². The number of H-pyrrole nitrogens is 1. The van der Waals surface area contributed by atoms with Crippen LogP contribution >= 0.6 is 11.6 Å². The number of amides is 2. The molecule has 0 aliphatic heterocycles. The molecule has 0 saturated heterocycles. The lowest BCUT2D eigenvalue weighted by molar-refractivity contribution is 0.240. The Morgan fingerprint density at radius 1 is 1.45 bits per heavy atom. The van der Waals surface area contributed by atoms with Gasteiger partial charge in [0.15, 0.2) is 0 Å². The number of aryl methyl sites for hydroxylation is 1. The summed E-state index contributed by atoms with van der Waals surface area (Å²) in [6.45, 7) is 2.67. The highest BCUT2D eigenvalue weighted by molar-refractivity contribution is 6.31. The Morgan fingerprint density at radius 3 is 3.00 bits per heavy atom. The van der Waals surface area contributed by atoms with Crippen LogP contribution in [-0.2, 0) is 6.42 Å². The van der Waals surface area contributed by atoms with Gasteiger partial charge in [0.05, 0.1) is 0 Å².